The highest BCUT2D eigenvalue weighted by Gasteiger charge is 2.30. The summed E-state index contributed by atoms with van der Waals surface area (Å²) in [6.45, 7) is 0.358. The zero-order valence-corrected chi connectivity index (χ0v) is 8.85. The van der Waals surface area contributed by atoms with Crippen molar-refractivity contribution in [1.82, 2.24) is 4.90 Å². The first-order valence-corrected chi connectivity index (χ1v) is 5.21. The average molecular weight is 205 g/mol. The smallest absolute Gasteiger partial charge is 0.410 e. The second-order valence-corrected chi connectivity index (χ2v) is 3.88. The third kappa shape index (κ3) is 2.72. The Morgan fingerprint density at radius 3 is 2.67 bits per heavy atom. The van der Waals surface area contributed by atoms with Gasteiger partial charge in [0.05, 0.1) is 0 Å². The Hall–Kier alpha value is -1.51. The average Bonchev–Trinajstić information content (AvgIpc) is 3.10. The summed E-state index contributed by atoms with van der Waals surface area (Å²) in [4.78, 5) is 13.2. The number of benzene rings is 1. The van der Waals surface area contributed by atoms with Gasteiger partial charge in [-0.2, -0.15) is 0 Å². The van der Waals surface area contributed by atoms with Crippen molar-refractivity contribution in [2.24, 2.45) is 0 Å². The van der Waals surface area contributed by atoms with Gasteiger partial charge in [0, 0.05) is 13.1 Å². The molecule has 0 aliphatic heterocycles. The fourth-order valence-corrected chi connectivity index (χ4v) is 1.43. The summed E-state index contributed by atoms with van der Waals surface area (Å²) in [5.74, 6) is 0. The predicted molar refractivity (Wildman–Crippen MR) is 57.4 cm³/mol. The van der Waals surface area contributed by atoms with Gasteiger partial charge in [0.25, 0.3) is 0 Å². The van der Waals surface area contributed by atoms with E-state index >= 15 is 0 Å². The van der Waals surface area contributed by atoms with Gasteiger partial charge in [-0.1, -0.05) is 30.3 Å². The van der Waals surface area contributed by atoms with Crippen molar-refractivity contribution in [3.05, 3.63) is 35.9 Å². The predicted octanol–water partition coefficient (Wildman–Crippen LogP) is 2.42. The normalized spacial score (nSPS) is 14.7. The fourth-order valence-electron chi connectivity index (χ4n) is 1.43. The van der Waals surface area contributed by atoms with Crippen molar-refractivity contribution in [2.45, 2.75) is 25.5 Å². The first-order chi connectivity index (χ1) is 7.27. The highest BCUT2D eigenvalue weighted by molar-refractivity contribution is 5.68. The van der Waals surface area contributed by atoms with Crippen LogP contribution in [-0.4, -0.2) is 24.1 Å². The van der Waals surface area contributed by atoms with Gasteiger partial charge < -0.3 is 9.64 Å². The topological polar surface area (TPSA) is 29.5 Å². The molecular formula is C12H15NO2. The maximum atomic E-state index is 11.5. The standard InChI is InChI=1S/C12H15NO2/c1-13(11-7-8-11)12(14)15-9-10-5-3-2-4-6-10/h2-6,11H,7-9H2,1H3. The number of hydrogen-bond donors (Lipinski definition) is 0. The van der Waals surface area contributed by atoms with Crippen LogP contribution >= 0.6 is 0 Å². The molecule has 1 amide bonds. The molecule has 0 aromatic heterocycles. The molecule has 0 unspecified atom stereocenters. The van der Waals surface area contributed by atoms with Crippen LogP contribution in [0.4, 0.5) is 4.79 Å². The molecule has 1 aromatic rings. The van der Waals surface area contributed by atoms with Crippen LogP contribution in [0.5, 0.6) is 0 Å². The number of hydrogen-bond acceptors (Lipinski definition) is 2. The summed E-state index contributed by atoms with van der Waals surface area (Å²) in [6, 6.07) is 10.1. The number of carbonyl (C=O) groups excluding carboxylic acids is 1. The Labute approximate surface area is 89.7 Å². The molecule has 80 valence electrons. The minimum absolute atomic E-state index is 0.221. The molecule has 1 aromatic carbocycles. The molecule has 1 saturated carbocycles. The molecule has 0 N–H and O–H groups in total. The number of nitrogens with zero attached hydrogens (tertiary/aromatic N) is 1. The van der Waals surface area contributed by atoms with Crippen LogP contribution in [0.3, 0.4) is 0 Å². The lowest BCUT2D eigenvalue weighted by atomic mass is 10.2. The van der Waals surface area contributed by atoms with Gasteiger partial charge in [0.15, 0.2) is 0 Å². The molecule has 0 bridgehead atoms. The van der Waals surface area contributed by atoms with Crippen LogP contribution in [0.15, 0.2) is 30.3 Å². The van der Waals surface area contributed by atoms with Crippen LogP contribution in [0.2, 0.25) is 0 Å². The Morgan fingerprint density at radius 1 is 1.40 bits per heavy atom. The van der Waals surface area contributed by atoms with Crippen molar-refractivity contribution in [2.75, 3.05) is 7.05 Å². The molecule has 0 radical (unpaired) electrons. The van der Waals surface area contributed by atoms with Gasteiger partial charge in [-0.05, 0) is 18.4 Å². The maximum Gasteiger partial charge on any atom is 0.410 e. The fraction of sp³-hybridized carbons (Fsp3) is 0.417. The number of ether oxygens (including phenoxy) is 1. The van der Waals surface area contributed by atoms with Gasteiger partial charge in [-0.3, -0.25) is 0 Å². The lowest BCUT2D eigenvalue weighted by Crippen LogP contribution is -2.29. The minimum atomic E-state index is -0.221. The molecule has 1 aliphatic rings. The highest BCUT2D eigenvalue weighted by Crippen LogP contribution is 2.25. The van der Waals surface area contributed by atoms with E-state index in [0.29, 0.717) is 12.6 Å². The van der Waals surface area contributed by atoms with Gasteiger partial charge in [-0.25, -0.2) is 4.79 Å². The molecule has 1 aliphatic carbocycles. The summed E-state index contributed by atoms with van der Waals surface area (Å²) >= 11 is 0. The first kappa shape index (κ1) is 10.0. The molecule has 0 spiro atoms. The van der Waals surface area contributed by atoms with Crippen LogP contribution in [0.1, 0.15) is 18.4 Å². The lowest BCUT2D eigenvalue weighted by molar-refractivity contribution is 0.102. The molecule has 0 heterocycles. The van der Waals surface area contributed by atoms with E-state index in [-0.39, 0.29) is 6.09 Å². The molecular weight excluding hydrogens is 190 g/mol. The van der Waals surface area contributed by atoms with E-state index in [1.54, 1.807) is 11.9 Å². The zero-order chi connectivity index (χ0) is 10.7. The molecule has 0 atom stereocenters. The highest BCUT2D eigenvalue weighted by atomic mass is 16.6. The Balaban J connectivity index is 1.80. The van der Waals surface area contributed by atoms with E-state index in [0.717, 1.165) is 18.4 Å². The maximum absolute atomic E-state index is 11.5. The summed E-state index contributed by atoms with van der Waals surface area (Å²) in [7, 11) is 1.80. The van der Waals surface area contributed by atoms with E-state index in [1.165, 1.54) is 0 Å². The van der Waals surface area contributed by atoms with Gasteiger partial charge >= 0.3 is 6.09 Å². The zero-order valence-electron chi connectivity index (χ0n) is 8.85. The van der Waals surface area contributed by atoms with Crippen molar-refractivity contribution in [3.8, 4) is 0 Å². The van der Waals surface area contributed by atoms with Crippen molar-refractivity contribution < 1.29 is 9.53 Å². The third-order valence-electron chi connectivity index (χ3n) is 2.59. The van der Waals surface area contributed by atoms with Crippen LogP contribution in [0, 0.1) is 0 Å². The Morgan fingerprint density at radius 2 is 2.07 bits per heavy atom. The second-order valence-electron chi connectivity index (χ2n) is 3.88. The van der Waals surface area contributed by atoms with Gasteiger partial charge in [0.2, 0.25) is 0 Å². The molecule has 0 saturated heterocycles. The largest absolute Gasteiger partial charge is 0.445 e. The first-order valence-electron chi connectivity index (χ1n) is 5.21. The quantitative estimate of drug-likeness (QED) is 0.758. The number of amides is 1. The van der Waals surface area contributed by atoms with E-state index in [9.17, 15) is 4.79 Å². The summed E-state index contributed by atoms with van der Waals surface area (Å²) < 4.78 is 5.18. The van der Waals surface area contributed by atoms with Crippen LogP contribution < -0.4 is 0 Å². The van der Waals surface area contributed by atoms with E-state index in [2.05, 4.69) is 0 Å². The molecule has 2 rings (SSSR count). The van der Waals surface area contributed by atoms with Crippen LogP contribution in [0.25, 0.3) is 0 Å². The molecule has 3 nitrogen and oxygen atoms in total. The van der Waals surface area contributed by atoms with Crippen molar-refractivity contribution >= 4 is 6.09 Å². The molecule has 1 fully saturated rings. The lowest BCUT2D eigenvalue weighted by Gasteiger charge is -2.15. The minimum Gasteiger partial charge on any atom is -0.445 e. The van der Waals surface area contributed by atoms with E-state index < -0.39 is 0 Å². The molecule has 3 heteroatoms. The Kier molecular flexibility index (Phi) is 2.90. The van der Waals surface area contributed by atoms with Crippen molar-refractivity contribution in [1.29, 1.82) is 0 Å². The van der Waals surface area contributed by atoms with Crippen LogP contribution in [-0.2, 0) is 11.3 Å². The monoisotopic (exact) mass is 205 g/mol. The van der Waals surface area contributed by atoms with E-state index in [4.69, 9.17) is 4.74 Å². The SMILES string of the molecule is CN(C(=O)OCc1ccccc1)C1CC1. The summed E-state index contributed by atoms with van der Waals surface area (Å²) in [5.41, 5.74) is 1.02. The van der Waals surface area contributed by atoms with Crippen molar-refractivity contribution in [3.63, 3.8) is 0 Å². The third-order valence-corrected chi connectivity index (χ3v) is 2.59. The van der Waals surface area contributed by atoms with Gasteiger partial charge in [0.1, 0.15) is 6.61 Å². The second kappa shape index (κ2) is 4.34. The number of carbonyl (C=O) groups is 1. The van der Waals surface area contributed by atoms with E-state index in [1.807, 2.05) is 30.3 Å². The Bertz CT molecular complexity index is 333. The molecule has 15 heavy (non-hydrogen) atoms. The summed E-state index contributed by atoms with van der Waals surface area (Å²) in [6.07, 6.45) is 2.00. The number of rotatable bonds is 3. The summed E-state index contributed by atoms with van der Waals surface area (Å²) in [5, 5.41) is 0. The van der Waals surface area contributed by atoms with Gasteiger partial charge in [-0.15, -0.1) is 0 Å².